The number of rotatable bonds is 6. The van der Waals surface area contributed by atoms with E-state index in [0.717, 1.165) is 17.7 Å². The molecule has 0 aromatic heterocycles. The van der Waals surface area contributed by atoms with Crippen LogP contribution in [0.5, 0.6) is 0 Å². The summed E-state index contributed by atoms with van der Waals surface area (Å²) in [6.07, 6.45) is 13.1. The van der Waals surface area contributed by atoms with Crippen LogP contribution in [0.1, 0.15) is 17.5 Å². The first-order valence-electron chi connectivity index (χ1n) is 9.49. The van der Waals surface area contributed by atoms with E-state index in [-0.39, 0.29) is 0 Å². The van der Waals surface area contributed by atoms with E-state index in [1.807, 2.05) is 40.3 Å². The van der Waals surface area contributed by atoms with Gasteiger partial charge >= 0.3 is 0 Å². The van der Waals surface area contributed by atoms with Crippen molar-refractivity contribution >= 4 is 23.5 Å². The van der Waals surface area contributed by atoms with E-state index < -0.39 is 0 Å². The summed E-state index contributed by atoms with van der Waals surface area (Å²) in [6.45, 7) is 0. The minimum Gasteiger partial charge on any atom is -0.465 e. The van der Waals surface area contributed by atoms with E-state index in [4.69, 9.17) is 4.74 Å². The monoisotopic (exact) mass is 372 g/mol. The van der Waals surface area contributed by atoms with Crippen molar-refractivity contribution in [1.29, 1.82) is 0 Å². The number of nitrogens with zero attached hydrogens (tertiary/aromatic N) is 2. The molecule has 1 heterocycles. The van der Waals surface area contributed by atoms with Gasteiger partial charge in [-0.15, -0.1) is 0 Å². The molecule has 2 aromatic rings. The smallest absolute Gasteiger partial charge is 0.130 e. The van der Waals surface area contributed by atoms with E-state index in [2.05, 4.69) is 76.6 Å². The van der Waals surface area contributed by atoms with Gasteiger partial charge in [-0.1, -0.05) is 42.5 Å². The summed E-state index contributed by atoms with van der Waals surface area (Å²) in [4.78, 5) is 4.20. The van der Waals surface area contributed by atoms with Crippen molar-refractivity contribution in [2.45, 2.75) is 6.42 Å². The fourth-order valence-electron chi connectivity index (χ4n) is 2.91. The van der Waals surface area contributed by atoms with Crippen molar-refractivity contribution < 1.29 is 4.74 Å². The molecule has 0 saturated carbocycles. The molecule has 0 bridgehead atoms. The van der Waals surface area contributed by atoms with Gasteiger partial charge in [-0.25, -0.2) is 0 Å². The standard InChI is InChI=1S/C25H28N2O/c1-26(2)23-14-8-20(9-15-23)7-13-22-6-5-19-28-25(22)18-12-21-10-16-24(17-11-21)27(3)4/h5,7-19H,6H2,1-4H3. The van der Waals surface area contributed by atoms with Gasteiger partial charge in [0.15, 0.2) is 0 Å². The third-order valence-corrected chi connectivity index (χ3v) is 4.67. The first-order valence-corrected chi connectivity index (χ1v) is 9.49. The lowest BCUT2D eigenvalue weighted by Gasteiger charge is -2.13. The zero-order valence-corrected chi connectivity index (χ0v) is 17.1. The average Bonchev–Trinajstić information content (AvgIpc) is 2.72. The van der Waals surface area contributed by atoms with Crippen molar-refractivity contribution in [3.05, 3.63) is 95.5 Å². The highest BCUT2D eigenvalue weighted by Gasteiger charge is 2.06. The second kappa shape index (κ2) is 9.14. The molecule has 3 heteroatoms. The van der Waals surface area contributed by atoms with Crippen LogP contribution in [0.2, 0.25) is 0 Å². The van der Waals surface area contributed by atoms with Gasteiger partial charge in [-0.05, 0) is 59.5 Å². The number of anilines is 2. The zero-order valence-electron chi connectivity index (χ0n) is 17.1. The second-order valence-corrected chi connectivity index (χ2v) is 7.22. The van der Waals surface area contributed by atoms with Gasteiger partial charge in [-0.3, -0.25) is 0 Å². The first kappa shape index (κ1) is 19.6. The molecule has 3 rings (SSSR count). The summed E-state index contributed by atoms with van der Waals surface area (Å²) >= 11 is 0. The van der Waals surface area contributed by atoms with Crippen LogP contribution in [0, 0.1) is 0 Å². The lowest BCUT2D eigenvalue weighted by molar-refractivity contribution is 0.355. The third-order valence-electron chi connectivity index (χ3n) is 4.67. The Labute approximate surface area is 168 Å². The minimum atomic E-state index is 0.867. The molecule has 0 fully saturated rings. The highest BCUT2D eigenvalue weighted by molar-refractivity contribution is 5.61. The normalized spacial score (nSPS) is 14.0. The Balaban J connectivity index is 1.75. The Morgan fingerprint density at radius 2 is 1.18 bits per heavy atom. The average molecular weight is 373 g/mol. The molecule has 0 amide bonds. The van der Waals surface area contributed by atoms with Crippen LogP contribution in [-0.2, 0) is 4.74 Å². The lowest BCUT2D eigenvalue weighted by Crippen LogP contribution is -2.07. The molecule has 0 spiro atoms. The first-order chi connectivity index (χ1) is 13.5. The topological polar surface area (TPSA) is 15.7 Å². The van der Waals surface area contributed by atoms with Crippen LogP contribution in [-0.4, -0.2) is 28.2 Å². The predicted molar refractivity (Wildman–Crippen MR) is 121 cm³/mol. The van der Waals surface area contributed by atoms with Crippen LogP contribution in [0.25, 0.3) is 12.2 Å². The van der Waals surface area contributed by atoms with Crippen LogP contribution < -0.4 is 9.80 Å². The van der Waals surface area contributed by atoms with Gasteiger partial charge in [0.05, 0.1) is 6.26 Å². The Bertz CT molecular complexity index is 823. The van der Waals surface area contributed by atoms with E-state index >= 15 is 0 Å². The van der Waals surface area contributed by atoms with Crippen LogP contribution in [0.4, 0.5) is 11.4 Å². The summed E-state index contributed by atoms with van der Waals surface area (Å²) < 4.78 is 5.76. The van der Waals surface area contributed by atoms with Gasteiger partial charge in [0, 0.05) is 39.6 Å². The Kier molecular flexibility index (Phi) is 6.38. The number of benzene rings is 2. The molecule has 0 aliphatic carbocycles. The summed E-state index contributed by atoms with van der Waals surface area (Å²) in [7, 11) is 8.19. The van der Waals surface area contributed by atoms with Crippen LogP contribution in [0.15, 0.2) is 84.4 Å². The maximum absolute atomic E-state index is 5.76. The Morgan fingerprint density at radius 3 is 1.68 bits per heavy atom. The van der Waals surface area contributed by atoms with Gasteiger partial charge < -0.3 is 14.5 Å². The van der Waals surface area contributed by atoms with Gasteiger partial charge in [0.1, 0.15) is 5.76 Å². The lowest BCUT2D eigenvalue weighted by atomic mass is 10.1. The fourth-order valence-corrected chi connectivity index (χ4v) is 2.91. The van der Waals surface area contributed by atoms with E-state index in [9.17, 15) is 0 Å². The maximum atomic E-state index is 5.76. The van der Waals surface area contributed by atoms with Crippen molar-refractivity contribution in [1.82, 2.24) is 0 Å². The van der Waals surface area contributed by atoms with E-state index in [1.165, 1.54) is 22.5 Å². The van der Waals surface area contributed by atoms with E-state index in [1.54, 1.807) is 6.26 Å². The molecule has 0 radical (unpaired) electrons. The highest BCUT2D eigenvalue weighted by atomic mass is 16.5. The molecule has 144 valence electrons. The quantitative estimate of drug-likeness (QED) is 0.644. The third kappa shape index (κ3) is 5.17. The molecule has 28 heavy (non-hydrogen) atoms. The maximum Gasteiger partial charge on any atom is 0.130 e. The number of ether oxygens (including phenoxy) is 1. The molecule has 2 aromatic carbocycles. The second-order valence-electron chi connectivity index (χ2n) is 7.22. The van der Waals surface area contributed by atoms with E-state index in [0.29, 0.717) is 0 Å². The van der Waals surface area contributed by atoms with Gasteiger partial charge in [0.25, 0.3) is 0 Å². The molecule has 0 unspecified atom stereocenters. The molecular formula is C25H28N2O. The van der Waals surface area contributed by atoms with Crippen molar-refractivity contribution in [2.75, 3.05) is 38.0 Å². The largest absolute Gasteiger partial charge is 0.465 e. The van der Waals surface area contributed by atoms with Gasteiger partial charge in [0.2, 0.25) is 0 Å². The Morgan fingerprint density at radius 1 is 0.679 bits per heavy atom. The molecular weight excluding hydrogens is 344 g/mol. The zero-order chi connectivity index (χ0) is 19.9. The summed E-state index contributed by atoms with van der Waals surface area (Å²) in [5, 5.41) is 0. The van der Waals surface area contributed by atoms with Crippen molar-refractivity contribution in [3.63, 3.8) is 0 Å². The summed E-state index contributed by atoms with van der Waals surface area (Å²) in [5.74, 6) is 0.889. The predicted octanol–water partition coefficient (Wildman–Crippen LogP) is 5.73. The molecule has 1 aliphatic rings. The summed E-state index contributed by atoms with van der Waals surface area (Å²) in [5.41, 5.74) is 5.88. The SMILES string of the molecule is CN(C)c1ccc(C=CC2=C(C=Cc3ccc(N(C)C)cc3)OC=CC2)cc1. The number of allylic oxidation sites excluding steroid dienone is 4. The highest BCUT2D eigenvalue weighted by Crippen LogP contribution is 2.22. The minimum absolute atomic E-state index is 0.867. The fraction of sp³-hybridized carbons (Fsp3) is 0.200. The number of hydrogen-bond acceptors (Lipinski definition) is 3. The molecule has 3 nitrogen and oxygen atoms in total. The molecule has 1 aliphatic heterocycles. The van der Waals surface area contributed by atoms with Crippen molar-refractivity contribution in [3.8, 4) is 0 Å². The number of hydrogen-bond donors (Lipinski definition) is 0. The van der Waals surface area contributed by atoms with Gasteiger partial charge in [-0.2, -0.15) is 0 Å². The Hall–Kier alpha value is -3.20. The van der Waals surface area contributed by atoms with Crippen molar-refractivity contribution in [2.24, 2.45) is 0 Å². The summed E-state index contributed by atoms with van der Waals surface area (Å²) in [6, 6.07) is 17.0. The molecule has 0 atom stereocenters. The van der Waals surface area contributed by atoms with Crippen LogP contribution in [0.3, 0.4) is 0 Å². The van der Waals surface area contributed by atoms with Crippen LogP contribution >= 0.6 is 0 Å². The molecule has 0 saturated heterocycles. The molecule has 0 N–H and O–H groups in total.